The molecule has 2 aromatic rings. The summed E-state index contributed by atoms with van der Waals surface area (Å²) >= 11 is 1.56. The second-order valence-corrected chi connectivity index (χ2v) is 5.18. The third-order valence-electron chi connectivity index (χ3n) is 2.53. The summed E-state index contributed by atoms with van der Waals surface area (Å²) in [4.78, 5) is 2.05. The lowest BCUT2D eigenvalue weighted by Gasteiger charge is -2.09. The lowest BCUT2D eigenvalue weighted by Crippen LogP contribution is -1.98. The molecule has 1 aromatic carbocycles. The highest BCUT2D eigenvalue weighted by Gasteiger charge is 2.13. The van der Waals surface area contributed by atoms with Crippen LogP contribution in [0.2, 0.25) is 0 Å². The molecular formula is C13H13FOS. The highest BCUT2D eigenvalue weighted by atomic mass is 32.1. The highest BCUT2D eigenvalue weighted by Crippen LogP contribution is 2.28. The molecule has 0 saturated carbocycles. The van der Waals surface area contributed by atoms with Crippen molar-refractivity contribution in [2.24, 2.45) is 0 Å². The van der Waals surface area contributed by atoms with Gasteiger partial charge in [0.1, 0.15) is 11.9 Å². The average Bonchev–Trinajstić information content (AvgIpc) is 2.68. The maximum Gasteiger partial charge on any atom is 0.126 e. The SMILES string of the molecule is Cc1ccc(C(O)c2ccc(F)c(C)c2)s1. The highest BCUT2D eigenvalue weighted by molar-refractivity contribution is 7.12. The van der Waals surface area contributed by atoms with E-state index in [4.69, 9.17) is 0 Å². The van der Waals surface area contributed by atoms with Crippen LogP contribution in [0.1, 0.15) is 27.0 Å². The van der Waals surface area contributed by atoms with Crippen molar-refractivity contribution in [1.29, 1.82) is 0 Å². The Labute approximate surface area is 98.2 Å². The van der Waals surface area contributed by atoms with Crippen molar-refractivity contribution in [3.63, 3.8) is 0 Å². The lowest BCUT2D eigenvalue weighted by atomic mass is 10.1. The van der Waals surface area contributed by atoms with Crippen LogP contribution in [0, 0.1) is 19.7 Å². The van der Waals surface area contributed by atoms with Gasteiger partial charge in [-0.25, -0.2) is 4.39 Å². The van der Waals surface area contributed by atoms with Gasteiger partial charge in [-0.15, -0.1) is 11.3 Å². The first-order valence-corrected chi connectivity index (χ1v) is 5.90. The first-order valence-electron chi connectivity index (χ1n) is 5.08. The van der Waals surface area contributed by atoms with Crippen LogP contribution in [0.25, 0.3) is 0 Å². The van der Waals surface area contributed by atoms with Gasteiger partial charge in [0, 0.05) is 9.75 Å². The molecule has 1 atom stereocenters. The van der Waals surface area contributed by atoms with Crippen LogP contribution < -0.4 is 0 Å². The molecule has 3 heteroatoms. The number of thiophene rings is 1. The Morgan fingerprint density at radius 3 is 2.50 bits per heavy atom. The predicted molar refractivity (Wildman–Crippen MR) is 64.3 cm³/mol. The number of aryl methyl sites for hydroxylation is 2. The molecule has 0 aliphatic carbocycles. The smallest absolute Gasteiger partial charge is 0.126 e. The van der Waals surface area contributed by atoms with Crippen molar-refractivity contribution in [2.45, 2.75) is 20.0 Å². The van der Waals surface area contributed by atoms with Crippen molar-refractivity contribution in [3.8, 4) is 0 Å². The van der Waals surface area contributed by atoms with Crippen molar-refractivity contribution in [2.75, 3.05) is 0 Å². The van der Waals surface area contributed by atoms with E-state index >= 15 is 0 Å². The van der Waals surface area contributed by atoms with Gasteiger partial charge in [-0.1, -0.05) is 12.1 Å². The first-order chi connectivity index (χ1) is 7.58. The molecule has 0 saturated heterocycles. The lowest BCUT2D eigenvalue weighted by molar-refractivity contribution is 0.224. The van der Waals surface area contributed by atoms with Gasteiger partial charge < -0.3 is 5.11 Å². The van der Waals surface area contributed by atoms with E-state index in [-0.39, 0.29) is 5.82 Å². The molecule has 84 valence electrons. The van der Waals surface area contributed by atoms with Crippen molar-refractivity contribution in [1.82, 2.24) is 0 Å². The van der Waals surface area contributed by atoms with Gasteiger partial charge in [-0.2, -0.15) is 0 Å². The number of aliphatic hydroxyl groups is 1. The second kappa shape index (κ2) is 4.36. The number of benzene rings is 1. The van der Waals surface area contributed by atoms with Gasteiger partial charge in [0.2, 0.25) is 0 Å². The van der Waals surface area contributed by atoms with Crippen LogP contribution in [0.3, 0.4) is 0 Å². The summed E-state index contributed by atoms with van der Waals surface area (Å²) in [6.45, 7) is 3.70. The molecule has 0 amide bonds. The van der Waals surface area contributed by atoms with Crippen LogP contribution in [0.15, 0.2) is 30.3 Å². The molecule has 0 spiro atoms. The van der Waals surface area contributed by atoms with Gasteiger partial charge in [-0.05, 0) is 43.2 Å². The molecule has 0 fully saturated rings. The maximum absolute atomic E-state index is 13.1. The second-order valence-electron chi connectivity index (χ2n) is 3.86. The number of halogens is 1. The first kappa shape index (κ1) is 11.3. The number of hydrogen-bond acceptors (Lipinski definition) is 2. The van der Waals surface area contributed by atoms with Gasteiger partial charge in [0.05, 0.1) is 0 Å². The minimum atomic E-state index is -0.655. The Hall–Kier alpha value is -1.19. The monoisotopic (exact) mass is 236 g/mol. The molecule has 0 aliphatic heterocycles. The fraction of sp³-hybridized carbons (Fsp3) is 0.231. The van der Waals surface area contributed by atoms with Crippen molar-refractivity contribution >= 4 is 11.3 Å². The third kappa shape index (κ3) is 2.15. The van der Waals surface area contributed by atoms with Crippen LogP contribution in [0.5, 0.6) is 0 Å². The van der Waals surface area contributed by atoms with Gasteiger partial charge in [0.25, 0.3) is 0 Å². The summed E-state index contributed by atoms with van der Waals surface area (Å²) in [5, 5.41) is 10.1. The van der Waals surface area contributed by atoms with Crippen LogP contribution >= 0.6 is 11.3 Å². The van der Waals surface area contributed by atoms with E-state index in [1.807, 2.05) is 19.1 Å². The summed E-state index contributed by atoms with van der Waals surface area (Å²) < 4.78 is 13.1. The van der Waals surface area contributed by atoms with E-state index in [0.717, 1.165) is 15.3 Å². The molecule has 1 heterocycles. The minimum Gasteiger partial charge on any atom is -0.383 e. The standard InChI is InChI=1S/C13H13FOS/c1-8-7-10(4-5-11(8)14)13(15)12-6-3-9(2)16-12/h3-7,13,15H,1-2H3. The Kier molecular flexibility index (Phi) is 3.08. The molecule has 2 rings (SSSR count). The van der Waals surface area contributed by atoms with Crippen LogP contribution in [-0.4, -0.2) is 5.11 Å². The average molecular weight is 236 g/mol. The van der Waals surface area contributed by atoms with E-state index in [1.54, 1.807) is 30.4 Å². The Morgan fingerprint density at radius 2 is 1.94 bits per heavy atom. The normalized spacial score (nSPS) is 12.8. The van der Waals surface area contributed by atoms with Gasteiger partial charge >= 0.3 is 0 Å². The summed E-state index contributed by atoms with van der Waals surface area (Å²) in [7, 11) is 0. The molecule has 1 N–H and O–H groups in total. The van der Waals surface area contributed by atoms with E-state index < -0.39 is 6.10 Å². The van der Waals surface area contributed by atoms with Crippen molar-refractivity contribution in [3.05, 3.63) is 57.0 Å². The maximum atomic E-state index is 13.1. The Morgan fingerprint density at radius 1 is 1.19 bits per heavy atom. The molecule has 1 unspecified atom stereocenters. The molecule has 0 bridgehead atoms. The summed E-state index contributed by atoms with van der Waals surface area (Å²) in [5.74, 6) is -0.238. The molecule has 16 heavy (non-hydrogen) atoms. The molecule has 0 aliphatic rings. The fourth-order valence-electron chi connectivity index (χ4n) is 1.60. The summed E-state index contributed by atoms with van der Waals surface area (Å²) in [5.41, 5.74) is 1.30. The molecule has 0 radical (unpaired) electrons. The molecular weight excluding hydrogens is 223 g/mol. The van der Waals surface area contributed by atoms with Gasteiger partial charge in [-0.3, -0.25) is 0 Å². The summed E-state index contributed by atoms with van der Waals surface area (Å²) in [6.07, 6.45) is -0.655. The van der Waals surface area contributed by atoms with E-state index in [2.05, 4.69) is 0 Å². The Balaban J connectivity index is 2.33. The zero-order valence-electron chi connectivity index (χ0n) is 9.20. The molecule has 1 aromatic heterocycles. The predicted octanol–water partition coefficient (Wildman–Crippen LogP) is 3.59. The number of hydrogen-bond donors (Lipinski definition) is 1. The molecule has 1 nitrogen and oxygen atoms in total. The fourth-order valence-corrected chi connectivity index (χ4v) is 2.49. The Bertz CT molecular complexity index is 504. The van der Waals surface area contributed by atoms with E-state index in [0.29, 0.717) is 5.56 Å². The largest absolute Gasteiger partial charge is 0.383 e. The van der Waals surface area contributed by atoms with Crippen molar-refractivity contribution < 1.29 is 9.50 Å². The number of rotatable bonds is 2. The zero-order valence-corrected chi connectivity index (χ0v) is 10.0. The van der Waals surface area contributed by atoms with Gasteiger partial charge in [0.15, 0.2) is 0 Å². The zero-order chi connectivity index (χ0) is 11.7. The van der Waals surface area contributed by atoms with Crippen LogP contribution in [0.4, 0.5) is 4.39 Å². The van der Waals surface area contributed by atoms with Crippen LogP contribution in [-0.2, 0) is 0 Å². The van der Waals surface area contributed by atoms with E-state index in [1.165, 1.54) is 6.07 Å². The summed E-state index contributed by atoms with van der Waals surface area (Å²) in [6, 6.07) is 8.59. The minimum absolute atomic E-state index is 0.238. The quantitative estimate of drug-likeness (QED) is 0.845. The topological polar surface area (TPSA) is 20.2 Å². The van der Waals surface area contributed by atoms with E-state index in [9.17, 15) is 9.50 Å². The third-order valence-corrected chi connectivity index (χ3v) is 3.58. The number of aliphatic hydroxyl groups excluding tert-OH is 1.